The molecule has 2 aromatic carbocycles. The van der Waals surface area contributed by atoms with Crippen molar-refractivity contribution in [3.05, 3.63) is 66.2 Å². The van der Waals surface area contributed by atoms with Crippen LogP contribution < -0.4 is 4.74 Å². The molecule has 2 aromatic rings. The molecule has 192 valence electrons. The highest BCUT2D eigenvalue weighted by Gasteiger charge is 2.33. The quantitative estimate of drug-likeness (QED) is 0.151. The van der Waals surface area contributed by atoms with Crippen molar-refractivity contribution in [1.29, 1.82) is 0 Å². The summed E-state index contributed by atoms with van der Waals surface area (Å²) in [5.74, 6) is 1.40. The Balaban J connectivity index is 1.50. The average molecular weight is 493 g/mol. The van der Waals surface area contributed by atoms with E-state index in [2.05, 4.69) is 37.6 Å². The number of ether oxygens (including phenoxy) is 3. The van der Waals surface area contributed by atoms with Crippen LogP contribution in [0.25, 0.3) is 0 Å². The Morgan fingerprint density at radius 3 is 2.17 bits per heavy atom. The minimum absolute atomic E-state index is 0.0288. The molecule has 3 rings (SSSR count). The highest BCUT2D eigenvalue weighted by Crippen LogP contribution is 2.35. The van der Waals surface area contributed by atoms with E-state index in [0.717, 1.165) is 12.8 Å². The van der Waals surface area contributed by atoms with E-state index in [0.29, 0.717) is 46.0 Å². The van der Waals surface area contributed by atoms with E-state index in [1.807, 2.05) is 0 Å². The summed E-state index contributed by atoms with van der Waals surface area (Å²) in [5.41, 5.74) is 2.17. The van der Waals surface area contributed by atoms with Gasteiger partial charge in [-0.2, -0.15) is 10.2 Å². The van der Waals surface area contributed by atoms with Crippen LogP contribution in [0.5, 0.6) is 5.75 Å². The van der Waals surface area contributed by atoms with E-state index in [4.69, 9.17) is 14.2 Å². The van der Waals surface area contributed by atoms with Crippen molar-refractivity contribution in [2.75, 3.05) is 13.2 Å². The zero-order valence-electron chi connectivity index (χ0n) is 21.6. The summed E-state index contributed by atoms with van der Waals surface area (Å²) < 4.78 is 16.5. The fourth-order valence-corrected chi connectivity index (χ4v) is 4.26. The second-order valence-corrected chi connectivity index (χ2v) is 9.78. The Labute approximate surface area is 213 Å². The second-order valence-electron chi connectivity index (χ2n) is 9.78. The molecule has 1 saturated carbocycles. The Morgan fingerprint density at radius 2 is 1.58 bits per heavy atom. The summed E-state index contributed by atoms with van der Waals surface area (Å²) in [5, 5.41) is 8.48. The van der Waals surface area contributed by atoms with Crippen molar-refractivity contribution in [3.8, 4) is 5.75 Å². The van der Waals surface area contributed by atoms with Crippen LogP contribution in [0.2, 0.25) is 0 Å². The maximum atomic E-state index is 12.8. The van der Waals surface area contributed by atoms with E-state index in [1.165, 1.54) is 6.42 Å². The van der Waals surface area contributed by atoms with Gasteiger partial charge in [0.05, 0.1) is 16.9 Å². The molecule has 1 aliphatic carbocycles. The number of esters is 2. The smallest absolute Gasteiger partial charge is 0.338 e. The molecule has 3 unspecified atom stereocenters. The van der Waals surface area contributed by atoms with Gasteiger partial charge < -0.3 is 14.2 Å². The lowest BCUT2D eigenvalue weighted by molar-refractivity contribution is -0.139. The van der Waals surface area contributed by atoms with Crippen molar-refractivity contribution >= 4 is 23.3 Å². The van der Waals surface area contributed by atoms with Crippen molar-refractivity contribution in [1.82, 2.24) is 0 Å². The predicted molar refractivity (Wildman–Crippen MR) is 139 cm³/mol. The van der Waals surface area contributed by atoms with Gasteiger partial charge in [0, 0.05) is 5.57 Å². The molecule has 0 heterocycles. The van der Waals surface area contributed by atoms with Crippen molar-refractivity contribution in [2.24, 2.45) is 28.0 Å². The van der Waals surface area contributed by atoms with Crippen LogP contribution in [0.15, 0.2) is 70.9 Å². The molecule has 0 amide bonds. The molecular formula is C29H36N2O5. The van der Waals surface area contributed by atoms with Crippen LogP contribution in [0, 0.1) is 17.8 Å². The first-order chi connectivity index (χ1) is 17.2. The molecule has 1 fully saturated rings. The van der Waals surface area contributed by atoms with E-state index in [1.54, 1.807) is 55.5 Å². The largest absolute Gasteiger partial charge is 0.490 e. The number of benzene rings is 2. The van der Waals surface area contributed by atoms with E-state index >= 15 is 0 Å². The SMILES string of the molecule is C=C(C)C(=O)OCCOc1ccc(N=Nc2ccc(C(=O)OC3CC(C)CCC3C(C)C)cc2)cc1. The summed E-state index contributed by atoms with van der Waals surface area (Å²) in [6.45, 7) is 12.1. The molecule has 7 heteroatoms. The molecule has 1 aliphatic rings. The van der Waals surface area contributed by atoms with Gasteiger partial charge in [0.1, 0.15) is 25.1 Å². The van der Waals surface area contributed by atoms with Crippen LogP contribution in [-0.4, -0.2) is 31.3 Å². The number of nitrogens with zero attached hydrogens (tertiary/aromatic N) is 2. The Kier molecular flexibility index (Phi) is 9.79. The monoisotopic (exact) mass is 492 g/mol. The zero-order chi connectivity index (χ0) is 26.1. The molecule has 0 aromatic heterocycles. The lowest BCUT2D eigenvalue weighted by atomic mass is 9.75. The van der Waals surface area contributed by atoms with Gasteiger partial charge in [-0.15, -0.1) is 0 Å². The lowest BCUT2D eigenvalue weighted by Crippen LogP contribution is -2.35. The number of carbonyl (C=O) groups excluding carboxylic acids is 2. The van der Waals surface area contributed by atoms with Gasteiger partial charge in [0.2, 0.25) is 0 Å². The molecule has 0 bridgehead atoms. The third-order valence-electron chi connectivity index (χ3n) is 6.37. The summed E-state index contributed by atoms with van der Waals surface area (Å²) >= 11 is 0. The molecule has 0 radical (unpaired) electrons. The number of hydrogen-bond acceptors (Lipinski definition) is 7. The predicted octanol–water partition coefficient (Wildman–Crippen LogP) is 7.22. The minimum atomic E-state index is -0.432. The van der Waals surface area contributed by atoms with Gasteiger partial charge in [-0.05, 0) is 86.1 Å². The van der Waals surface area contributed by atoms with E-state index < -0.39 is 5.97 Å². The Bertz CT molecular complexity index is 1060. The van der Waals surface area contributed by atoms with Gasteiger partial charge in [0.25, 0.3) is 0 Å². The Hall–Kier alpha value is -3.48. The van der Waals surface area contributed by atoms with Crippen molar-refractivity contribution in [3.63, 3.8) is 0 Å². The molecule has 0 spiro atoms. The third kappa shape index (κ3) is 8.04. The van der Waals surface area contributed by atoms with Crippen molar-refractivity contribution < 1.29 is 23.8 Å². The summed E-state index contributed by atoms with van der Waals surface area (Å²) in [4.78, 5) is 24.1. The maximum Gasteiger partial charge on any atom is 0.338 e. The maximum absolute atomic E-state index is 12.8. The number of azo groups is 1. The topological polar surface area (TPSA) is 86.5 Å². The van der Waals surface area contributed by atoms with Crippen LogP contribution >= 0.6 is 0 Å². The van der Waals surface area contributed by atoms with Gasteiger partial charge >= 0.3 is 11.9 Å². The second kappa shape index (κ2) is 13.0. The van der Waals surface area contributed by atoms with Gasteiger partial charge in [-0.25, -0.2) is 9.59 Å². The fraction of sp³-hybridized carbons (Fsp3) is 0.448. The van der Waals surface area contributed by atoms with Crippen LogP contribution in [-0.2, 0) is 14.3 Å². The first kappa shape index (κ1) is 27.1. The van der Waals surface area contributed by atoms with E-state index in [-0.39, 0.29) is 25.3 Å². The highest BCUT2D eigenvalue weighted by molar-refractivity contribution is 5.89. The minimum Gasteiger partial charge on any atom is -0.490 e. The standard InChI is InChI=1S/C29H36N2O5/c1-19(2)26-15-6-21(5)18-27(26)36-29(33)22-7-9-23(10-8-22)30-31-24-11-13-25(14-12-24)34-16-17-35-28(32)20(3)4/h7-14,19,21,26-27H,3,6,15-18H2,1-2,4-5H3. The van der Waals surface area contributed by atoms with Crippen LogP contribution in [0.3, 0.4) is 0 Å². The van der Waals surface area contributed by atoms with Crippen LogP contribution in [0.1, 0.15) is 57.3 Å². The first-order valence-corrected chi connectivity index (χ1v) is 12.5. The summed E-state index contributed by atoms with van der Waals surface area (Å²) in [7, 11) is 0. The molecule has 3 atom stereocenters. The Morgan fingerprint density at radius 1 is 0.972 bits per heavy atom. The van der Waals surface area contributed by atoms with Gasteiger partial charge in [-0.3, -0.25) is 0 Å². The fourth-order valence-electron chi connectivity index (χ4n) is 4.26. The van der Waals surface area contributed by atoms with Gasteiger partial charge in [0.15, 0.2) is 0 Å². The molecule has 0 aliphatic heterocycles. The molecule has 7 nitrogen and oxygen atoms in total. The molecule has 0 saturated heterocycles. The first-order valence-electron chi connectivity index (χ1n) is 12.5. The molecule has 36 heavy (non-hydrogen) atoms. The van der Waals surface area contributed by atoms with E-state index in [9.17, 15) is 9.59 Å². The highest BCUT2D eigenvalue weighted by atomic mass is 16.6. The van der Waals surface area contributed by atoms with Crippen LogP contribution in [0.4, 0.5) is 11.4 Å². The number of carbonyl (C=O) groups is 2. The normalized spacial score (nSPS) is 19.8. The molecule has 0 N–H and O–H groups in total. The summed E-state index contributed by atoms with van der Waals surface area (Å²) in [6, 6.07) is 14.1. The summed E-state index contributed by atoms with van der Waals surface area (Å²) in [6.07, 6.45) is 3.19. The van der Waals surface area contributed by atoms with Gasteiger partial charge in [-0.1, -0.05) is 33.8 Å². The third-order valence-corrected chi connectivity index (χ3v) is 6.37. The zero-order valence-corrected chi connectivity index (χ0v) is 21.6. The molecular weight excluding hydrogens is 456 g/mol. The number of rotatable bonds is 10. The van der Waals surface area contributed by atoms with Crippen molar-refractivity contribution in [2.45, 2.75) is 53.1 Å². The number of hydrogen-bond donors (Lipinski definition) is 0. The average Bonchev–Trinajstić information content (AvgIpc) is 2.86. The lowest BCUT2D eigenvalue weighted by Gasteiger charge is -2.36.